The lowest BCUT2D eigenvalue weighted by atomic mass is 9.89. The van der Waals surface area contributed by atoms with Crippen LogP contribution < -0.4 is 0 Å². The van der Waals surface area contributed by atoms with Crippen molar-refractivity contribution in [3.05, 3.63) is 11.6 Å². The van der Waals surface area contributed by atoms with Crippen LogP contribution in [-0.2, 0) is 0 Å². The number of hydrogen-bond donors (Lipinski definition) is 0. The molecule has 1 nitrogen and oxygen atoms in total. The zero-order valence-electron chi connectivity index (χ0n) is 8.71. The van der Waals surface area contributed by atoms with E-state index in [0.29, 0.717) is 0 Å². The lowest BCUT2D eigenvalue weighted by molar-refractivity contribution is 0.344. The van der Waals surface area contributed by atoms with E-state index in [0.717, 1.165) is 24.7 Å². The molecule has 0 amide bonds. The molecule has 0 heterocycles. The predicted molar refractivity (Wildman–Crippen MR) is 55.1 cm³/mol. The van der Waals surface area contributed by atoms with Gasteiger partial charge in [-0.3, -0.25) is 0 Å². The Morgan fingerprint density at radius 3 is 2.77 bits per heavy atom. The van der Waals surface area contributed by atoms with E-state index in [1.165, 1.54) is 24.8 Å². The SMILES string of the molecule is CC(C)C1CCCC(=CC#N)CC1. The monoisotopic (exact) mass is 177 g/mol. The van der Waals surface area contributed by atoms with Crippen LogP contribution in [0.15, 0.2) is 11.6 Å². The van der Waals surface area contributed by atoms with Gasteiger partial charge in [0.25, 0.3) is 0 Å². The average molecular weight is 177 g/mol. The zero-order chi connectivity index (χ0) is 9.68. The molecule has 0 radical (unpaired) electrons. The molecular formula is C12H19N. The van der Waals surface area contributed by atoms with Gasteiger partial charge in [0, 0.05) is 6.08 Å². The Bertz CT molecular complexity index is 220. The van der Waals surface area contributed by atoms with Crippen LogP contribution in [0.25, 0.3) is 0 Å². The number of nitriles is 1. The van der Waals surface area contributed by atoms with Crippen LogP contribution in [-0.4, -0.2) is 0 Å². The molecule has 0 spiro atoms. The Kier molecular flexibility index (Phi) is 4.02. The second-order valence-electron chi connectivity index (χ2n) is 4.37. The van der Waals surface area contributed by atoms with Gasteiger partial charge in [0.2, 0.25) is 0 Å². The van der Waals surface area contributed by atoms with Crippen molar-refractivity contribution in [2.45, 2.75) is 46.0 Å². The van der Waals surface area contributed by atoms with Gasteiger partial charge in [-0.1, -0.05) is 19.4 Å². The third-order valence-electron chi connectivity index (χ3n) is 3.12. The molecule has 0 aromatic carbocycles. The topological polar surface area (TPSA) is 23.8 Å². The molecular weight excluding hydrogens is 158 g/mol. The summed E-state index contributed by atoms with van der Waals surface area (Å²) < 4.78 is 0. The average Bonchev–Trinajstić information content (AvgIpc) is 2.30. The summed E-state index contributed by atoms with van der Waals surface area (Å²) in [6.07, 6.45) is 7.96. The van der Waals surface area contributed by atoms with Gasteiger partial charge in [-0.25, -0.2) is 0 Å². The Morgan fingerprint density at radius 2 is 2.15 bits per heavy atom. The van der Waals surface area contributed by atoms with Crippen molar-refractivity contribution in [2.75, 3.05) is 0 Å². The number of rotatable bonds is 1. The Labute approximate surface area is 81.5 Å². The molecule has 13 heavy (non-hydrogen) atoms. The van der Waals surface area contributed by atoms with E-state index >= 15 is 0 Å². The first kappa shape index (κ1) is 10.3. The van der Waals surface area contributed by atoms with Gasteiger partial charge in [0.15, 0.2) is 0 Å². The smallest absolute Gasteiger partial charge is 0.0911 e. The minimum atomic E-state index is 0.807. The van der Waals surface area contributed by atoms with Crippen molar-refractivity contribution in [1.82, 2.24) is 0 Å². The molecule has 1 unspecified atom stereocenters. The molecule has 1 aliphatic rings. The van der Waals surface area contributed by atoms with Crippen molar-refractivity contribution in [2.24, 2.45) is 11.8 Å². The molecule has 1 fully saturated rings. The highest BCUT2D eigenvalue weighted by molar-refractivity contribution is 5.14. The van der Waals surface area contributed by atoms with E-state index in [-0.39, 0.29) is 0 Å². The lowest BCUT2D eigenvalue weighted by Gasteiger charge is -2.17. The number of nitrogens with zero attached hydrogens (tertiary/aromatic N) is 1. The molecule has 1 rings (SSSR count). The fraction of sp³-hybridized carbons (Fsp3) is 0.750. The van der Waals surface area contributed by atoms with Crippen molar-refractivity contribution >= 4 is 0 Å². The molecule has 1 heteroatoms. The second-order valence-corrected chi connectivity index (χ2v) is 4.37. The highest BCUT2D eigenvalue weighted by atomic mass is 14.2. The van der Waals surface area contributed by atoms with Crippen LogP contribution in [0.1, 0.15) is 46.0 Å². The highest BCUT2D eigenvalue weighted by Crippen LogP contribution is 2.30. The Balaban J connectivity index is 2.50. The largest absolute Gasteiger partial charge is 0.193 e. The first-order chi connectivity index (χ1) is 6.24. The van der Waals surface area contributed by atoms with Crippen molar-refractivity contribution in [1.29, 1.82) is 5.26 Å². The van der Waals surface area contributed by atoms with Gasteiger partial charge in [0.05, 0.1) is 6.07 Å². The number of allylic oxidation sites excluding steroid dienone is 2. The van der Waals surface area contributed by atoms with Crippen LogP contribution >= 0.6 is 0 Å². The first-order valence-corrected chi connectivity index (χ1v) is 5.31. The maximum Gasteiger partial charge on any atom is 0.0911 e. The summed E-state index contributed by atoms with van der Waals surface area (Å²) in [7, 11) is 0. The van der Waals surface area contributed by atoms with Crippen molar-refractivity contribution < 1.29 is 0 Å². The van der Waals surface area contributed by atoms with Crippen LogP contribution in [0.2, 0.25) is 0 Å². The van der Waals surface area contributed by atoms with E-state index < -0.39 is 0 Å². The maximum absolute atomic E-state index is 8.56. The first-order valence-electron chi connectivity index (χ1n) is 5.31. The van der Waals surface area contributed by atoms with E-state index in [1.54, 1.807) is 6.08 Å². The highest BCUT2D eigenvalue weighted by Gasteiger charge is 2.17. The third kappa shape index (κ3) is 3.22. The normalized spacial score (nSPS) is 27.2. The van der Waals surface area contributed by atoms with E-state index in [2.05, 4.69) is 19.9 Å². The Hall–Kier alpha value is -0.770. The summed E-state index contributed by atoms with van der Waals surface area (Å²) in [5.74, 6) is 1.69. The van der Waals surface area contributed by atoms with E-state index in [4.69, 9.17) is 5.26 Å². The lowest BCUT2D eigenvalue weighted by Crippen LogP contribution is -2.06. The van der Waals surface area contributed by atoms with Crippen molar-refractivity contribution in [3.8, 4) is 6.07 Å². The minimum Gasteiger partial charge on any atom is -0.193 e. The summed E-state index contributed by atoms with van der Waals surface area (Å²) in [4.78, 5) is 0. The van der Waals surface area contributed by atoms with Gasteiger partial charge in [-0.2, -0.15) is 5.26 Å². The molecule has 0 aromatic heterocycles. The summed E-state index contributed by atoms with van der Waals surface area (Å²) in [5.41, 5.74) is 1.37. The maximum atomic E-state index is 8.56. The molecule has 0 saturated heterocycles. The van der Waals surface area contributed by atoms with E-state index in [1.807, 2.05) is 0 Å². The Morgan fingerprint density at radius 1 is 1.38 bits per heavy atom. The standard InChI is InChI=1S/C12H19N/c1-10(2)12-5-3-4-11(6-7-12)8-9-13/h8,10,12H,3-7H2,1-2H3. The van der Waals surface area contributed by atoms with Gasteiger partial charge in [-0.15, -0.1) is 0 Å². The van der Waals surface area contributed by atoms with Gasteiger partial charge in [-0.05, 0) is 43.9 Å². The van der Waals surface area contributed by atoms with Gasteiger partial charge < -0.3 is 0 Å². The minimum absolute atomic E-state index is 0.807. The third-order valence-corrected chi connectivity index (χ3v) is 3.12. The van der Waals surface area contributed by atoms with Crippen LogP contribution in [0.3, 0.4) is 0 Å². The summed E-state index contributed by atoms with van der Waals surface area (Å²) in [5, 5.41) is 8.56. The summed E-state index contributed by atoms with van der Waals surface area (Å²) in [6, 6.07) is 2.15. The quantitative estimate of drug-likeness (QED) is 0.443. The second kappa shape index (κ2) is 5.07. The summed E-state index contributed by atoms with van der Waals surface area (Å²) in [6.45, 7) is 4.62. The zero-order valence-corrected chi connectivity index (χ0v) is 8.71. The molecule has 1 aliphatic carbocycles. The van der Waals surface area contributed by atoms with Crippen LogP contribution in [0.5, 0.6) is 0 Å². The fourth-order valence-corrected chi connectivity index (χ4v) is 2.13. The fourth-order valence-electron chi connectivity index (χ4n) is 2.13. The molecule has 0 bridgehead atoms. The molecule has 1 atom stereocenters. The van der Waals surface area contributed by atoms with Crippen LogP contribution in [0, 0.1) is 23.2 Å². The molecule has 0 aliphatic heterocycles. The summed E-state index contributed by atoms with van der Waals surface area (Å²) >= 11 is 0. The molecule has 0 N–H and O–H groups in total. The predicted octanol–water partition coefficient (Wildman–Crippen LogP) is 3.67. The van der Waals surface area contributed by atoms with Crippen LogP contribution in [0.4, 0.5) is 0 Å². The van der Waals surface area contributed by atoms with Gasteiger partial charge in [0.1, 0.15) is 0 Å². The van der Waals surface area contributed by atoms with Crippen molar-refractivity contribution in [3.63, 3.8) is 0 Å². The van der Waals surface area contributed by atoms with E-state index in [9.17, 15) is 0 Å². The molecule has 72 valence electrons. The van der Waals surface area contributed by atoms with Gasteiger partial charge >= 0.3 is 0 Å². The molecule has 0 aromatic rings. The molecule has 1 saturated carbocycles. The number of hydrogen-bond acceptors (Lipinski definition) is 1.